The summed E-state index contributed by atoms with van der Waals surface area (Å²) in [5.41, 5.74) is 2.25. The summed E-state index contributed by atoms with van der Waals surface area (Å²) in [5, 5.41) is 20.9. The van der Waals surface area contributed by atoms with Gasteiger partial charge in [-0.2, -0.15) is 0 Å². The molecule has 4 nitrogen and oxygen atoms in total. The number of aliphatic hydroxyl groups is 1. The van der Waals surface area contributed by atoms with E-state index in [9.17, 15) is 10.2 Å². The van der Waals surface area contributed by atoms with Gasteiger partial charge < -0.3 is 19.4 Å². The van der Waals surface area contributed by atoms with Crippen LogP contribution in [0.1, 0.15) is 17.5 Å². The maximum atomic E-state index is 10.6. The predicted octanol–water partition coefficient (Wildman–Crippen LogP) is 1.90. The van der Waals surface area contributed by atoms with Crippen molar-refractivity contribution in [1.82, 2.24) is 0 Å². The quantitative estimate of drug-likeness (QED) is 0.645. The first-order valence-electron chi connectivity index (χ1n) is 8.85. The Hall–Kier alpha value is -1.78. The number of phenolic OH excluding ortho intramolecular Hbond substituents is 1. The van der Waals surface area contributed by atoms with E-state index in [2.05, 4.69) is 25.8 Å². The van der Waals surface area contributed by atoms with Crippen molar-refractivity contribution in [3.63, 3.8) is 0 Å². The number of likely N-dealkylation sites (tertiary alicyclic amines) is 1. The summed E-state index contributed by atoms with van der Waals surface area (Å²) < 4.78 is 7.16. The molecule has 2 N–H and O–H groups in total. The van der Waals surface area contributed by atoms with Gasteiger partial charge in [0.2, 0.25) is 0 Å². The van der Waals surface area contributed by atoms with Gasteiger partial charge in [0.05, 0.1) is 25.6 Å². The smallest absolute Gasteiger partial charge is 0.165 e. The molecule has 0 aromatic heterocycles. The Labute approximate surface area is 142 Å². The van der Waals surface area contributed by atoms with Crippen LogP contribution in [0.3, 0.4) is 0 Å². The number of rotatable bonds is 2. The second-order valence-electron chi connectivity index (χ2n) is 8.12. The van der Waals surface area contributed by atoms with Gasteiger partial charge in [0.1, 0.15) is 18.2 Å². The average Bonchev–Trinajstić information content (AvgIpc) is 2.91. The summed E-state index contributed by atoms with van der Waals surface area (Å²) in [6.45, 7) is 5.97. The van der Waals surface area contributed by atoms with Gasteiger partial charge in [-0.15, -0.1) is 0 Å². The molecule has 0 amide bonds. The fraction of sp³-hybridized carbons (Fsp3) is 0.500. The van der Waals surface area contributed by atoms with Crippen LogP contribution >= 0.6 is 0 Å². The van der Waals surface area contributed by atoms with E-state index in [1.54, 1.807) is 6.07 Å². The molecule has 1 aromatic rings. The number of phenols is 1. The molecule has 1 aromatic carbocycles. The number of hydrogen-bond acceptors (Lipinski definition) is 3. The molecule has 0 saturated carbocycles. The number of aliphatic hydroxyl groups excluding tert-OH is 1. The van der Waals surface area contributed by atoms with E-state index in [0.29, 0.717) is 17.7 Å². The van der Waals surface area contributed by atoms with Gasteiger partial charge in [0.15, 0.2) is 11.5 Å². The summed E-state index contributed by atoms with van der Waals surface area (Å²) in [6, 6.07) is 4.25. The second kappa shape index (κ2) is 4.44. The molecule has 1 fully saturated rings. The minimum atomic E-state index is -0.615. The van der Waals surface area contributed by atoms with Crippen molar-refractivity contribution < 1.29 is 19.4 Å². The van der Waals surface area contributed by atoms with Gasteiger partial charge in [-0.25, -0.2) is 0 Å². The van der Waals surface area contributed by atoms with Crippen molar-refractivity contribution >= 4 is 0 Å². The number of ether oxygens (including phenoxy) is 1. The second-order valence-corrected chi connectivity index (χ2v) is 8.12. The zero-order valence-corrected chi connectivity index (χ0v) is 14.0. The first-order chi connectivity index (χ1) is 11.5. The molecule has 1 spiro atoms. The third-order valence-corrected chi connectivity index (χ3v) is 7.09. The highest BCUT2D eigenvalue weighted by molar-refractivity contribution is 5.61. The van der Waals surface area contributed by atoms with Crippen LogP contribution in [0.15, 0.2) is 36.9 Å². The lowest BCUT2D eigenvalue weighted by atomic mass is 9.52. The average molecular weight is 326 g/mol. The van der Waals surface area contributed by atoms with Crippen LogP contribution in [-0.2, 0) is 11.8 Å². The maximum Gasteiger partial charge on any atom is 0.165 e. The normalized spacial score (nSPS) is 43.9. The lowest BCUT2D eigenvalue weighted by molar-refractivity contribution is -0.938. The van der Waals surface area contributed by atoms with Gasteiger partial charge in [-0.1, -0.05) is 24.8 Å². The molecule has 0 unspecified atom stereocenters. The number of piperidine rings is 1. The highest BCUT2D eigenvalue weighted by atomic mass is 16.5. The minimum Gasteiger partial charge on any atom is -0.504 e. The number of quaternary nitrogens is 1. The third kappa shape index (κ3) is 1.47. The van der Waals surface area contributed by atoms with Crippen molar-refractivity contribution in [2.24, 2.45) is 5.92 Å². The molecule has 2 aliphatic heterocycles. The lowest BCUT2D eigenvalue weighted by Crippen LogP contribution is -2.71. The molecule has 5 rings (SSSR count). The number of nitrogens with zero attached hydrogens (tertiary/aromatic N) is 1. The van der Waals surface area contributed by atoms with E-state index in [-0.39, 0.29) is 17.3 Å². The molecule has 24 heavy (non-hydrogen) atoms. The van der Waals surface area contributed by atoms with Crippen LogP contribution in [0.4, 0.5) is 0 Å². The van der Waals surface area contributed by atoms with E-state index in [1.165, 1.54) is 11.1 Å². The zero-order chi connectivity index (χ0) is 16.7. The number of benzene rings is 1. The fourth-order valence-corrected chi connectivity index (χ4v) is 6.02. The zero-order valence-electron chi connectivity index (χ0n) is 14.0. The van der Waals surface area contributed by atoms with E-state index >= 15 is 0 Å². The Morgan fingerprint density at radius 3 is 3.04 bits per heavy atom. The van der Waals surface area contributed by atoms with Gasteiger partial charge >= 0.3 is 0 Å². The van der Waals surface area contributed by atoms with Gasteiger partial charge in [0, 0.05) is 24.3 Å². The molecular weight excluding hydrogens is 302 g/mol. The van der Waals surface area contributed by atoms with Crippen LogP contribution in [0.2, 0.25) is 0 Å². The Balaban J connectivity index is 1.78. The van der Waals surface area contributed by atoms with Crippen molar-refractivity contribution in [1.29, 1.82) is 0 Å². The monoisotopic (exact) mass is 326 g/mol. The lowest BCUT2D eigenvalue weighted by Gasteiger charge is -2.59. The van der Waals surface area contributed by atoms with Crippen LogP contribution < -0.4 is 4.74 Å². The summed E-state index contributed by atoms with van der Waals surface area (Å²) in [6.07, 6.45) is 7.20. The van der Waals surface area contributed by atoms with Gasteiger partial charge in [0.25, 0.3) is 0 Å². The van der Waals surface area contributed by atoms with Crippen molar-refractivity contribution in [2.75, 3.05) is 20.1 Å². The SMILES string of the molecule is C=CC[N@@+]1(C)CC[C@]23c4c5ccc(O)c4O[C@H]2[C@@H](O)C=C[C@H]3[C@H]1C5. The van der Waals surface area contributed by atoms with E-state index in [4.69, 9.17) is 4.74 Å². The van der Waals surface area contributed by atoms with E-state index in [1.807, 2.05) is 12.2 Å². The third-order valence-electron chi connectivity index (χ3n) is 7.09. The Morgan fingerprint density at radius 2 is 2.25 bits per heavy atom. The molecule has 0 radical (unpaired) electrons. The number of hydrogen-bond donors (Lipinski definition) is 2. The Kier molecular flexibility index (Phi) is 2.69. The summed E-state index contributed by atoms with van der Waals surface area (Å²) in [5.74, 6) is 1.15. The van der Waals surface area contributed by atoms with E-state index < -0.39 is 6.10 Å². The van der Waals surface area contributed by atoms with Crippen molar-refractivity contribution in [3.05, 3.63) is 48.1 Å². The summed E-state index contributed by atoms with van der Waals surface area (Å²) in [7, 11) is 2.33. The Morgan fingerprint density at radius 1 is 1.42 bits per heavy atom. The summed E-state index contributed by atoms with van der Waals surface area (Å²) >= 11 is 0. The molecule has 2 aliphatic carbocycles. The highest BCUT2D eigenvalue weighted by Crippen LogP contribution is 2.63. The molecule has 6 atom stereocenters. The van der Waals surface area contributed by atoms with Gasteiger partial charge in [-0.3, -0.25) is 0 Å². The fourth-order valence-electron chi connectivity index (χ4n) is 6.02. The number of aromatic hydroxyl groups is 1. The van der Waals surface area contributed by atoms with Crippen molar-refractivity contribution in [2.45, 2.75) is 36.5 Å². The van der Waals surface area contributed by atoms with Crippen LogP contribution in [0.5, 0.6) is 11.5 Å². The minimum absolute atomic E-state index is 0.195. The number of likely N-dealkylation sites (N-methyl/N-ethyl adjacent to an activating group) is 1. The highest BCUT2D eigenvalue weighted by Gasteiger charge is 2.67. The largest absolute Gasteiger partial charge is 0.504 e. The summed E-state index contributed by atoms with van der Waals surface area (Å²) in [4.78, 5) is 0. The predicted molar refractivity (Wildman–Crippen MR) is 91.1 cm³/mol. The first-order valence-corrected chi connectivity index (χ1v) is 8.85. The standard InChI is InChI=1S/C20H23NO3/c1-3-9-21(2)10-8-20-13-5-7-16(23)19(20)24-18-15(22)6-4-12(17(18)20)11-14(13)21/h3-7,13-14,16,19,23H,1,8-11H2,2H3/p+1/t13-,14+,16-,19-,20-,21-/m0/s1. The van der Waals surface area contributed by atoms with E-state index in [0.717, 1.165) is 30.4 Å². The molecule has 2 heterocycles. The molecule has 4 aliphatic rings. The Bertz CT molecular complexity index is 772. The molecule has 126 valence electrons. The van der Waals surface area contributed by atoms with Crippen molar-refractivity contribution in [3.8, 4) is 11.5 Å². The molecule has 1 saturated heterocycles. The molecule has 4 heteroatoms. The van der Waals surface area contributed by atoms with Crippen LogP contribution in [-0.4, -0.2) is 53.1 Å². The maximum absolute atomic E-state index is 10.6. The van der Waals surface area contributed by atoms with Crippen LogP contribution in [0, 0.1) is 5.92 Å². The molecular formula is C20H24NO3+. The molecule has 2 bridgehead atoms. The first kappa shape index (κ1) is 14.6. The van der Waals surface area contributed by atoms with Gasteiger partial charge in [-0.05, 0) is 17.7 Å². The van der Waals surface area contributed by atoms with Crippen LogP contribution in [0.25, 0.3) is 0 Å². The topological polar surface area (TPSA) is 49.7 Å².